The minimum atomic E-state index is -0.726. The van der Waals surface area contributed by atoms with Gasteiger partial charge in [-0.2, -0.15) is 0 Å². The van der Waals surface area contributed by atoms with E-state index in [4.69, 9.17) is 15.2 Å². The second-order valence-electron chi connectivity index (χ2n) is 4.13. The zero-order chi connectivity index (χ0) is 14.5. The molecule has 0 spiro atoms. The average molecular weight is 283 g/mol. The highest BCUT2D eigenvalue weighted by atomic mass is 16.5. The van der Waals surface area contributed by atoms with Crippen molar-refractivity contribution in [3.05, 3.63) is 17.0 Å². The fraction of sp³-hybridized carbons (Fsp3) is 0.545. The minimum absolute atomic E-state index is 0.0416. The van der Waals surface area contributed by atoms with Crippen LogP contribution < -0.4 is 21.1 Å². The highest BCUT2D eigenvalue weighted by Gasteiger charge is 2.23. The molecule has 4 N–H and O–H groups in total. The molecule has 0 aliphatic carbocycles. The van der Waals surface area contributed by atoms with Crippen molar-refractivity contribution in [2.45, 2.75) is 13.0 Å². The fourth-order valence-corrected chi connectivity index (χ4v) is 1.81. The molecule has 1 aromatic rings. The van der Waals surface area contributed by atoms with Gasteiger partial charge in [-0.15, -0.1) is 4.98 Å². The van der Waals surface area contributed by atoms with Gasteiger partial charge in [-0.1, -0.05) is 0 Å². The zero-order valence-corrected chi connectivity index (χ0v) is 11.1. The van der Waals surface area contributed by atoms with Crippen LogP contribution in [0.5, 0.6) is 0 Å². The summed E-state index contributed by atoms with van der Waals surface area (Å²) in [6.45, 7) is 3.73. The van der Waals surface area contributed by atoms with Gasteiger partial charge in [0.1, 0.15) is 11.8 Å². The zero-order valence-electron chi connectivity index (χ0n) is 11.1. The lowest BCUT2D eigenvalue weighted by Crippen LogP contribution is -2.39. The van der Waals surface area contributed by atoms with E-state index < -0.39 is 6.09 Å². The summed E-state index contributed by atoms with van der Waals surface area (Å²) in [6.07, 6.45) is -1.04. The molecule has 0 saturated carbocycles. The molecular weight excluding hydrogens is 266 g/mol. The van der Waals surface area contributed by atoms with Gasteiger partial charge in [0, 0.05) is 19.2 Å². The molecule has 110 valence electrons. The number of nitrogens with two attached hydrogens (primary N) is 1. The average Bonchev–Trinajstić information content (AvgIpc) is 2.45. The Kier molecular flexibility index (Phi) is 4.53. The maximum atomic E-state index is 11.7. The molecule has 9 heteroatoms. The number of nitrogens with zero attached hydrogens (tertiary/aromatic N) is 2. The Labute approximate surface area is 115 Å². The van der Waals surface area contributed by atoms with E-state index in [2.05, 4.69) is 15.6 Å². The van der Waals surface area contributed by atoms with Crippen LogP contribution in [0.1, 0.15) is 18.7 Å². The monoisotopic (exact) mass is 283 g/mol. The van der Waals surface area contributed by atoms with Crippen molar-refractivity contribution in [2.24, 2.45) is 0 Å². The lowest BCUT2D eigenvalue weighted by atomic mass is 10.2. The van der Waals surface area contributed by atoms with Crippen LogP contribution in [0.15, 0.2) is 6.07 Å². The molecular formula is C11H17N5O4. The summed E-state index contributed by atoms with van der Waals surface area (Å²) in [4.78, 5) is 15.4. The molecule has 1 aliphatic heterocycles. The van der Waals surface area contributed by atoms with Crippen molar-refractivity contribution in [3.63, 3.8) is 0 Å². The highest BCUT2D eigenvalue weighted by molar-refractivity contribution is 5.82. The van der Waals surface area contributed by atoms with E-state index in [1.165, 1.54) is 6.07 Å². The van der Waals surface area contributed by atoms with Crippen LogP contribution in [0.4, 0.5) is 16.6 Å². The number of aromatic nitrogens is 2. The third-order valence-corrected chi connectivity index (χ3v) is 2.72. The summed E-state index contributed by atoms with van der Waals surface area (Å²) >= 11 is 0. The van der Waals surface area contributed by atoms with E-state index in [1.807, 2.05) is 0 Å². The van der Waals surface area contributed by atoms with Gasteiger partial charge in [0.15, 0.2) is 0 Å². The Balaban J connectivity index is 2.22. The first-order valence-corrected chi connectivity index (χ1v) is 6.28. The Bertz CT molecular complexity index is 490. The second kappa shape index (κ2) is 6.35. The van der Waals surface area contributed by atoms with Crippen molar-refractivity contribution in [1.29, 1.82) is 0 Å². The summed E-state index contributed by atoms with van der Waals surface area (Å²) in [6, 6.07) is 1.43. The van der Waals surface area contributed by atoms with Crippen molar-refractivity contribution in [1.82, 2.24) is 10.3 Å². The maximum Gasteiger partial charge on any atom is 0.458 e. The Morgan fingerprint density at radius 3 is 3.25 bits per heavy atom. The number of nitrogens with one attached hydrogen (secondary N) is 2. The van der Waals surface area contributed by atoms with Crippen LogP contribution in [-0.4, -0.2) is 37.4 Å². The fourth-order valence-electron chi connectivity index (χ4n) is 1.81. The van der Waals surface area contributed by atoms with Gasteiger partial charge >= 0.3 is 12.0 Å². The van der Waals surface area contributed by atoms with Crippen LogP contribution in [0.25, 0.3) is 0 Å². The molecule has 0 bridgehead atoms. The first-order valence-electron chi connectivity index (χ1n) is 6.28. The van der Waals surface area contributed by atoms with Gasteiger partial charge in [-0.05, 0) is 6.92 Å². The van der Waals surface area contributed by atoms with E-state index in [0.717, 1.165) is 6.54 Å². The third-order valence-electron chi connectivity index (χ3n) is 2.72. The second-order valence-corrected chi connectivity index (χ2v) is 4.13. The summed E-state index contributed by atoms with van der Waals surface area (Å²) in [5.74, 6) is -0.302. The quantitative estimate of drug-likeness (QED) is 0.505. The largest absolute Gasteiger partial charge is 0.754 e. The standard InChI is InChI=1S/C11H17N5O4/c1-2-19-11(17)15-9-5-7(14-10(12)16(9)18)8-6-13-3-4-20-8/h5,8,13H,2-4,6H2,1H3,(H2,12,14)(H,15,17). The number of morpholine rings is 1. The number of rotatable bonds is 3. The number of amides is 1. The van der Waals surface area contributed by atoms with Gasteiger partial charge in [-0.25, -0.2) is 14.8 Å². The number of carbonyl (C=O) groups is 1. The normalized spacial score (nSPS) is 18.6. The Morgan fingerprint density at radius 1 is 1.80 bits per heavy atom. The predicted octanol–water partition coefficient (Wildman–Crippen LogP) is -0.473. The number of hydrogen-bond acceptors (Lipinski definition) is 7. The van der Waals surface area contributed by atoms with Crippen molar-refractivity contribution in [3.8, 4) is 0 Å². The maximum absolute atomic E-state index is 11.7. The van der Waals surface area contributed by atoms with Crippen molar-refractivity contribution >= 4 is 17.9 Å². The molecule has 1 saturated heterocycles. The molecule has 20 heavy (non-hydrogen) atoms. The third kappa shape index (κ3) is 3.25. The molecule has 1 amide bonds. The topological polar surface area (TPSA) is 125 Å². The molecule has 1 aromatic heterocycles. The lowest BCUT2D eigenvalue weighted by molar-refractivity contribution is -0.577. The molecule has 1 aliphatic rings. The van der Waals surface area contributed by atoms with Crippen LogP contribution in [0, 0.1) is 5.21 Å². The molecule has 0 radical (unpaired) electrons. The van der Waals surface area contributed by atoms with Gasteiger partial charge in [0.05, 0.1) is 13.2 Å². The van der Waals surface area contributed by atoms with Crippen LogP contribution >= 0.6 is 0 Å². The molecule has 1 atom stereocenters. The number of nitrogen functional groups attached to an aromatic ring is 1. The van der Waals surface area contributed by atoms with Crippen LogP contribution in [0.2, 0.25) is 0 Å². The molecule has 0 aromatic carbocycles. The predicted molar refractivity (Wildman–Crippen MR) is 69.8 cm³/mol. The van der Waals surface area contributed by atoms with Crippen molar-refractivity contribution < 1.29 is 19.0 Å². The number of hydrogen-bond donors (Lipinski definition) is 3. The number of ether oxygens (including phenoxy) is 2. The molecule has 1 unspecified atom stereocenters. The molecule has 9 nitrogen and oxygen atoms in total. The number of anilines is 2. The lowest BCUT2D eigenvalue weighted by Gasteiger charge is -2.23. The van der Waals surface area contributed by atoms with Gasteiger partial charge in [0.25, 0.3) is 0 Å². The van der Waals surface area contributed by atoms with Gasteiger partial charge in [-0.3, -0.25) is 0 Å². The first kappa shape index (κ1) is 14.3. The van der Waals surface area contributed by atoms with E-state index in [-0.39, 0.29) is 24.5 Å². The van der Waals surface area contributed by atoms with Crippen LogP contribution in [-0.2, 0) is 9.47 Å². The number of carbonyl (C=O) groups excluding carboxylic acids is 1. The Morgan fingerprint density at radius 2 is 2.60 bits per heavy atom. The molecule has 2 rings (SSSR count). The summed E-state index contributed by atoms with van der Waals surface area (Å²) < 4.78 is 10.6. The Hall–Kier alpha value is -2.13. The summed E-state index contributed by atoms with van der Waals surface area (Å²) in [7, 11) is 0. The SMILES string of the molecule is CCOC(=O)Nc1cc(C2CNCCO2)nc(N)[n+]1[O-]. The van der Waals surface area contributed by atoms with Crippen LogP contribution in [0.3, 0.4) is 0 Å². The van der Waals surface area contributed by atoms with E-state index in [0.29, 0.717) is 23.6 Å². The van der Waals surface area contributed by atoms with E-state index in [9.17, 15) is 10.0 Å². The first-order chi connectivity index (χ1) is 9.61. The summed E-state index contributed by atoms with van der Waals surface area (Å²) in [5, 5.41) is 17.2. The smallest absolute Gasteiger partial charge is 0.458 e. The highest BCUT2D eigenvalue weighted by Crippen LogP contribution is 2.19. The van der Waals surface area contributed by atoms with E-state index in [1.54, 1.807) is 6.92 Å². The minimum Gasteiger partial charge on any atom is -0.754 e. The van der Waals surface area contributed by atoms with Gasteiger partial charge < -0.3 is 25.7 Å². The van der Waals surface area contributed by atoms with Gasteiger partial charge in [0.2, 0.25) is 5.82 Å². The molecule has 1 fully saturated rings. The molecule has 2 heterocycles. The van der Waals surface area contributed by atoms with E-state index >= 15 is 0 Å². The van der Waals surface area contributed by atoms with Crippen molar-refractivity contribution in [2.75, 3.05) is 37.4 Å². The summed E-state index contributed by atoms with van der Waals surface area (Å²) in [5.41, 5.74) is 6.03.